The molecule has 2 rings (SSSR count). The fourth-order valence-corrected chi connectivity index (χ4v) is 2.79. The van der Waals surface area contributed by atoms with Crippen molar-refractivity contribution in [1.82, 2.24) is 5.16 Å². The lowest BCUT2D eigenvalue weighted by Gasteiger charge is -2.11. The lowest BCUT2D eigenvalue weighted by molar-refractivity contribution is -0.117. The molecule has 1 fully saturated rings. The van der Waals surface area contributed by atoms with E-state index in [1.54, 1.807) is 13.0 Å². The number of hydrogen-bond donors (Lipinski definition) is 1. The Morgan fingerprint density at radius 1 is 1.65 bits per heavy atom. The first-order chi connectivity index (χ1) is 7.85. The van der Waals surface area contributed by atoms with Gasteiger partial charge in [-0.05, 0) is 6.92 Å². The number of amides is 1. The number of aromatic nitrogens is 1. The van der Waals surface area contributed by atoms with E-state index in [1.807, 2.05) is 0 Å². The number of carbonyl (C=O) groups is 1. The third kappa shape index (κ3) is 2.83. The minimum atomic E-state index is -3.56. The first kappa shape index (κ1) is 12.1. The van der Waals surface area contributed by atoms with Crippen LogP contribution in [0.2, 0.25) is 0 Å². The number of primary sulfonamides is 1. The highest BCUT2D eigenvalue weighted by Gasteiger charge is 2.34. The van der Waals surface area contributed by atoms with E-state index in [-0.39, 0.29) is 24.0 Å². The number of hydrogen-bond acceptors (Lipinski definition) is 5. The Kier molecular flexibility index (Phi) is 2.92. The van der Waals surface area contributed by atoms with Gasteiger partial charge in [-0.1, -0.05) is 5.16 Å². The van der Waals surface area contributed by atoms with Crippen molar-refractivity contribution in [1.29, 1.82) is 0 Å². The van der Waals surface area contributed by atoms with Crippen molar-refractivity contribution in [3.8, 4) is 0 Å². The third-order valence-electron chi connectivity index (χ3n) is 2.55. The molecule has 0 saturated carbocycles. The maximum absolute atomic E-state index is 11.7. The molecule has 17 heavy (non-hydrogen) atoms. The summed E-state index contributed by atoms with van der Waals surface area (Å²) in [4.78, 5) is 13.1. The molecule has 1 saturated heterocycles. The van der Waals surface area contributed by atoms with Crippen LogP contribution in [0.25, 0.3) is 0 Å². The van der Waals surface area contributed by atoms with Crippen LogP contribution in [-0.4, -0.2) is 31.8 Å². The van der Waals surface area contributed by atoms with Crippen LogP contribution in [0, 0.1) is 12.8 Å². The summed E-state index contributed by atoms with van der Waals surface area (Å²) in [6, 6.07) is 1.64. The molecular weight excluding hydrogens is 246 g/mol. The Bertz CT molecular complexity index is 536. The average molecular weight is 259 g/mol. The Labute approximate surface area is 98.6 Å². The summed E-state index contributed by atoms with van der Waals surface area (Å²) in [5.41, 5.74) is 0.669. The molecule has 1 atom stereocenters. The van der Waals surface area contributed by atoms with Crippen molar-refractivity contribution in [2.24, 2.45) is 11.1 Å². The first-order valence-corrected chi connectivity index (χ1v) is 6.81. The Hall–Kier alpha value is -1.41. The van der Waals surface area contributed by atoms with E-state index in [0.717, 1.165) is 0 Å². The van der Waals surface area contributed by atoms with Gasteiger partial charge >= 0.3 is 0 Å². The van der Waals surface area contributed by atoms with Crippen LogP contribution < -0.4 is 10.0 Å². The largest absolute Gasteiger partial charge is 0.338 e. The molecule has 0 aromatic carbocycles. The average Bonchev–Trinajstić information content (AvgIpc) is 2.70. The zero-order valence-corrected chi connectivity index (χ0v) is 10.1. The van der Waals surface area contributed by atoms with Crippen LogP contribution in [-0.2, 0) is 14.8 Å². The van der Waals surface area contributed by atoms with Crippen LogP contribution in [0.3, 0.4) is 0 Å². The number of nitrogens with zero attached hydrogens (tertiary/aromatic N) is 2. The van der Waals surface area contributed by atoms with Crippen molar-refractivity contribution < 1.29 is 17.7 Å². The summed E-state index contributed by atoms with van der Waals surface area (Å²) in [7, 11) is -3.56. The number of sulfonamides is 1. The predicted molar refractivity (Wildman–Crippen MR) is 59.7 cm³/mol. The van der Waals surface area contributed by atoms with E-state index in [4.69, 9.17) is 9.66 Å². The van der Waals surface area contributed by atoms with Crippen molar-refractivity contribution >= 4 is 21.8 Å². The van der Waals surface area contributed by atoms with E-state index in [2.05, 4.69) is 5.16 Å². The summed E-state index contributed by atoms with van der Waals surface area (Å²) in [6.07, 6.45) is 0.163. The van der Waals surface area contributed by atoms with Crippen LogP contribution in [0.1, 0.15) is 12.1 Å². The van der Waals surface area contributed by atoms with E-state index in [0.29, 0.717) is 18.1 Å². The van der Waals surface area contributed by atoms with E-state index < -0.39 is 10.0 Å². The molecule has 1 aromatic rings. The van der Waals surface area contributed by atoms with Crippen LogP contribution >= 0.6 is 0 Å². The molecule has 8 heteroatoms. The van der Waals surface area contributed by atoms with Gasteiger partial charge in [-0.2, -0.15) is 0 Å². The predicted octanol–water partition coefficient (Wildman–Crippen LogP) is -0.376. The zero-order chi connectivity index (χ0) is 12.6. The topological polar surface area (TPSA) is 106 Å². The van der Waals surface area contributed by atoms with Gasteiger partial charge in [0.25, 0.3) is 0 Å². The quantitative estimate of drug-likeness (QED) is 0.796. The highest BCUT2D eigenvalue weighted by atomic mass is 32.2. The SMILES string of the molecule is Cc1cc(N2CC(CS(N)(=O)=O)CC2=O)on1. The Morgan fingerprint density at radius 3 is 2.88 bits per heavy atom. The first-order valence-electron chi connectivity index (χ1n) is 5.09. The maximum Gasteiger partial charge on any atom is 0.234 e. The van der Waals surface area contributed by atoms with E-state index in [1.165, 1.54) is 4.90 Å². The van der Waals surface area contributed by atoms with Crippen molar-refractivity contribution in [2.45, 2.75) is 13.3 Å². The minimum absolute atomic E-state index is 0.163. The fraction of sp³-hybridized carbons (Fsp3) is 0.556. The third-order valence-corrected chi connectivity index (χ3v) is 3.49. The standard InChI is InChI=1S/C9H13N3O4S/c1-6-2-9(16-11-6)12-4-7(3-8(12)13)5-17(10,14)15/h2,7H,3-5H2,1H3,(H2,10,14,15). The van der Waals surface area contributed by atoms with Gasteiger partial charge in [0.05, 0.1) is 11.4 Å². The molecule has 2 N–H and O–H groups in total. The molecule has 1 aliphatic rings. The van der Waals surface area contributed by atoms with Crippen molar-refractivity contribution in [3.63, 3.8) is 0 Å². The van der Waals surface area contributed by atoms with Gasteiger partial charge in [0, 0.05) is 24.9 Å². The second-order valence-electron chi connectivity index (χ2n) is 4.21. The molecule has 7 nitrogen and oxygen atoms in total. The second-order valence-corrected chi connectivity index (χ2v) is 5.87. The van der Waals surface area contributed by atoms with Gasteiger partial charge in [-0.3, -0.25) is 9.69 Å². The summed E-state index contributed by atoms with van der Waals surface area (Å²) in [5.74, 6) is -0.301. The van der Waals surface area contributed by atoms with Gasteiger partial charge in [-0.15, -0.1) is 0 Å². The number of anilines is 1. The monoisotopic (exact) mass is 259 g/mol. The molecule has 1 unspecified atom stereocenters. The molecule has 0 aliphatic carbocycles. The van der Waals surface area contributed by atoms with Crippen LogP contribution in [0.4, 0.5) is 5.88 Å². The molecular formula is C9H13N3O4S. The summed E-state index contributed by atoms with van der Waals surface area (Å²) in [5, 5.41) is 8.64. The molecule has 2 heterocycles. The molecule has 1 aliphatic heterocycles. The Morgan fingerprint density at radius 2 is 2.35 bits per heavy atom. The summed E-state index contributed by atoms with van der Waals surface area (Å²) in [6.45, 7) is 2.04. The number of aryl methyl sites for hydroxylation is 1. The van der Waals surface area contributed by atoms with E-state index in [9.17, 15) is 13.2 Å². The number of carbonyl (C=O) groups excluding carboxylic acids is 1. The molecule has 0 radical (unpaired) electrons. The molecule has 1 aromatic heterocycles. The molecule has 0 bridgehead atoms. The summed E-state index contributed by atoms with van der Waals surface area (Å²) >= 11 is 0. The number of nitrogens with two attached hydrogens (primary N) is 1. The zero-order valence-electron chi connectivity index (χ0n) is 9.29. The smallest absolute Gasteiger partial charge is 0.234 e. The number of rotatable bonds is 3. The van der Waals surface area contributed by atoms with Crippen LogP contribution in [0.5, 0.6) is 0 Å². The van der Waals surface area contributed by atoms with Crippen molar-refractivity contribution in [3.05, 3.63) is 11.8 Å². The normalized spacial score (nSPS) is 21.2. The lowest BCUT2D eigenvalue weighted by Crippen LogP contribution is -2.27. The van der Waals surface area contributed by atoms with Gasteiger partial charge in [0.2, 0.25) is 21.8 Å². The van der Waals surface area contributed by atoms with E-state index >= 15 is 0 Å². The van der Waals surface area contributed by atoms with Gasteiger partial charge in [0.1, 0.15) is 0 Å². The van der Waals surface area contributed by atoms with Gasteiger partial charge in [0.15, 0.2) is 0 Å². The Balaban J connectivity index is 2.10. The van der Waals surface area contributed by atoms with Crippen LogP contribution in [0.15, 0.2) is 10.6 Å². The van der Waals surface area contributed by atoms with Gasteiger partial charge in [-0.25, -0.2) is 13.6 Å². The molecule has 0 spiro atoms. The van der Waals surface area contributed by atoms with Gasteiger partial charge < -0.3 is 4.52 Å². The second kappa shape index (κ2) is 4.11. The molecule has 94 valence electrons. The highest BCUT2D eigenvalue weighted by Crippen LogP contribution is 2.25. The maximum atomic E-state index is 11.7. The summed E-state index contributed by atoms with van der Waals surface area (Å²) < 4.78 is 26.9. The lowest BCUT2D eigenvalue weighted by atomic mass is 10.1. The fourth-order valence-electron chi connectivity index (χ4n) is 1.91. The molecule has 1 amide bonds. The highest BCUT2D eigenvalue weighted by molar-refractivity contribution is 7.89. The van der Waals surface area contributed by atoms with Crippen molar-refractivity contribution in [2.75, 3.05) is 17.2 Å². The minimum Gasteiger partial charge on any atom is -0.338 e.